The molecule has 0 bridgehead atoms. The predicted molar refractivity (Wildman–Crippen MR) is 105 cm³/mol. The number of hydrogen-bond acceptors (Lipinski definition) is 5. The first-order chi connectivity index (χ1) is 13.1. The van der Waals surface area contributed by atoms with E-state index in [-0.39, 0.29) is 11.7 Å². The maximum atomic E-state index is 12.6. The average Bonchev–Trinajstić information content (AvgIpc) is 2.69. The Hall–Kier alpha value is -3.67. The molecular weight excluding hydrogens is 342 g/mol. The lowest BCUT2D eigenvalue weighted by Crippen LogP contribution is -2.13. The topological polar surface area (TPSA) is 80.3 Å². The van der Waals surface area contributed by atoms with Gasteiger partial charge in [-0.15, -0.1) is 0 Å². The van der Waals surface area contributed by atoms with E-state index < -0.39 is 0 Å². The lowest BCUT2D eigenvalue weighted by atomic mass is 10.1. The number of anilines is 3. The molecule has 3 aromatic rings. The molecule has 0 radical (unpaired) electrons. The van der Waals surface area contributed by atoms with Crippen molar-refractivity contribution in [2.75, 3.05) is 17.7 Å². The van der Waals surface area contributed by atoms with Gasteiger partial charge in [0, 0.05) is 23.0 Å². The first kappa shape index (κ1) is 18.1. The van der Waals surface area contributed by atoms with Gasteiger partial charge in [-0.2, -0.15) is 0 Å². The van der Waals surface area contributed by atoms with Gasteiger partial charge in [0.15, 0.2) is 5.78 Å². The molecule has 1 aromatic heterocycles. The molecule has 2 N–H and O–H groups in total. The molecule has 0 fully saturated rings. The summed E-state index contributed by atoms with van der Waals surface area (Å²) in [5.41, 5.74) is 2.36. The van der Waals surface area contributed by atoms with E-state index in [4.69, 9.17) is 4.74 Å². The third-order valence-corrected chi connectivity index (χ3v) is 3.92. The Bertz CT molecular complexity index is 986. The van der Waals surface area contributed by atoms with E-state index in [1.54, 1.807) is 55.8 Å². The second kappa shape index (κ2) is 8.14. The van der Waals surface area contributed by atoms with Crippen LogP contribution >= 0.6 is 0 Å². The normalized spacial score (nSPS) is 10.1. The summed E-state index contributed by atoms with van der Waals surface area (Å²) in [5, 5.41) is 5.94. The fraction of sp³-hybridized carbons (Fsp3) is 0.0952. The standard InChI is InChI=1S/C21H19N3O3/c1-14(25)15-6-5-7-17(12-15)23-20-13-16(10-11-22-20)21(26)24-18-8-3-4-9-19(18)27-2/h3-13H,1-2H3,(H,22,23)(H,24,26). The van der Waals surface area contributed by atoms with E-state index in [1.165, 1.54) is 6.92 Å². The summed E-state index contributed by atoms with van der Waals surface area (Å²) >= 11 is 0. The number of Topliss-reactive ketones (excluding diaryl/α,β-unsaturated/α-hetero) is 1. The molecule has 1 heterocycles. The van der Waals surface area contributed by atoms with Crippen molar-refractivity contribution in [1.29, 1.82) is 0 Å². The van der Waals surface area contributed by atoms with Gasteiger partial charge in [0.25, 0.3) is 5.91 Å². The highest BCUT2D eigenvalue weighted by molar-refractivity contribution is 6.05. The van der Waals surface area contributed by atoms with Gasteiger partial charge in [-0.25, -0.2) is 4.98 Å². The van der Waals surface area contributed by atoms with Gasteiger partial charge in [-0.1, -0.05) is 24.3 Å². The van der Waals surface area contributed by atoms with Crippen LogP contribution in [0.25, 0.3) is 0 Å². The number of ether oxygens (including phenoxy) is 1. The van der Waals surface area contributed by atoms with Crippen molar-refractivity contribution >= 4 is 28.9 Å². The summed E-state index contributed by atoms with van der Waals surface area (Å²) in [5.74, 6) is 0.793. The zero-order valence-electron chi connectivity index (χ0n) is 15.0. The van der Waals surface area contributed by atoms with Crippen molar-refractivity contribution in [1.82, 2.24) is 4.98 Å². The highest BCUT2D eigenvalue weighted by atomic mass is 16.5. The summed E-state index contributed by atoms with van der Waals surface area (Å²) < 4.78 is 5.25. The van der Waals surface area contributed by atoms with Crippen LogP contribution < -0.4 is 15.4 Å². The van der Waals surface area contributed by atoms with Crippen molar-refractivity contribution in [3.8, 4) is 5.75 Å². The number of benzene rings is 2. The van der Waals surface area contributed by atoms with Crippen molar-refractivity contribution < 1.29 is 14.3 Å². The molecular formula is C21H19N3O3. The minimum absolute atomic E-state index is 0.0171. The van der Waals surface area contributed by atoms with Gasteiger partial charge < -0.3 is 15.4 Å². The van der Waals surface area contributed by atoms with Crippen LogP contribution in [0, 0.1) is 0 Å². The van der Waals surface area contributed by atoms with Gasteiger partial charge in [0.2, 0.25) is 0 Å². The molecule has 0 spiro atoms. The van der Waals surface area contributed by atoms with Crippen LogP contribution in [-0.4, -0.2) is 23.8 Å². The zero-order valence-corrected chi connectivity index (χ0v) is 15.0. The third-order valence-electron chi connectivity index (χ3n) is 3.92. The summed E-state index contributed by atoms with van der Waals surface area (Å²) in [4.78, 5) is 28.3. The Morgan fingerprint density at radius 1 is 0.963 bits per heavy atom. The molecule has 1 amide bonds. The third kappa shape index (κ3) is 4.49. The molecule has 0 aliphatic carbocycles. The number of ketones is 1. The number of para-hydroxylation sites is 2. The smallest absolute Gasteiger partial charge is 0.255 e. The largest absolute Gasteiger partial charge is 0.495 e. The summed E-state index contributed by atoms with van der Waals surface area (Å²) in [6.07, 6.45) is 1.55. The van der Waals surface area contributed by atoms with E-state index in [2.05, 4.69) is 15.6 Å². The molecule has 0 unspecified atom stereocenters. The molecule has 0 saturated heterocycles. The number of hydrogen-bond donors (Lipinski definition) is 2. The summed E-state index contributed by atoms with van der Waals surface area (Å²) in [7, 11) is 1.55. The van der Waals surface area contributed by atoms with Gasteiger partial charge in [-0.05, 0) is 43.3 Å². The molecule has 3 rings (SSSR count). The van der Waals surface area contributed by atoms with Gasteiger partial charge in [-0.3, -0.25) is 9.59 Å². The molecule has 0 aliphatic heterocycles. The zero-order chi connectivity index (χ0) is 19.2. The van der Waals surface area contributed by atoms with E-state index in [0.717, 1.165) is 5.69 Å². The number of methoxy groups -OCH3 is 1. The number of nitrogens with one attached hydrogen (secondary N) is 2. The molecule has 0 atom stereocenters. The highest BCUT2D eigenvalue weighted by Gasteiger charge is 2.11. The molecule has 0 aliphatic rings. The lowest BCUT2D eigenvalue weighted by molar-refractivity contribution is 0.101. The molecule has 6 heteroatoms. The quantitative estimate of drug-likeness (QED) is 0.640. The molecule has 136 valence electrons. The van der Waals surface area contributed by atoms with Gasteiger partial charge in [0.1, 0.15) is 11.6 Å². The SMILES string of the molecule is COc1ccccc1NC(=O)c1ccnc(Nc2cccc(C(C)=O)c2)c1. The van der Waals surface area contributed by atoms with Crippen LogP contribution in [0.2, 0.25) is 0 Å². The second-order valence-electron chi connectivity index (χ2n) is 5.85. The van der Waals surface area contributed by atoms with Crippen molar-refractivity contribution in [2.24, 2.45) is 0 Å². The van der Waals surface area contributed by atoms with Gasteiger partial charge >= 0.3 is 0 Å². The lowest BCUT2D eigenvalue weighted by Gasteiger charge is -2.11. The Labute approximate surface area is 157 Å². The Kier molecular flexibility index (Phi) is 5.47. The average molecular weight is 361 g/mol. The molecule has 27 heavy (non-hydrogen) atoms. The van der Waals surface area contributed by atoms with Crippen LogP contribution in [0.5, 0.6) is 5.75 Å². The Balaban J connectivity index is 1.78. The monoisotopic (exact) mass is 361 g/mol. The van der Waals surface area contributed by atoms with Crippen LogP contribution in [0.15, 0.2) is 66.9 Å². The van der Waals surface area contributed by atoms with Crippen molar-refractivity contribution in [3.05, 3.63) is 78.0 Å². The fourth-order valence-electron chi connectivity index (χ4n) is 2.55. The predicted octanol–water partition coefficient (Wildman–Crippen LogP) is 4.29. The van der Waals surface area contributed by atoms with Crippen LogP contribution in [-0.2, 0) is 0 Å². The maximum Gasteiger partial charge on any atom is 0.255 e. The number of pyridine rings is 1. The Morgan fingerprint density at radius 2 is 1.78 bits per heavy atom. The van der Waals surface area contributed by atoms with Crippen LogP contribution in [0.1, 0.15) is 27.6 Å². The first-order valence-electron chi connectivity index (χ1n) is 8.35. The number of carbonyl (C=O) groups is 2. The highest BCUT2D eigenvalue weighted by Crippen LogP contribution is 2.24. The van der Waals surface area contributed by atoms with E-state index >= 15 is 0 Å². The van der Waals surface area contributed by atoms with E-state index in [0.29, 0.717) is 28.4 Å². The van der Waals surface area contributed by atoms with Crippen LogP contribution in [0.4, 0.5) is 17.2 Å². The number of aromatic nitrogens is 1. The fourth-order valence-corrected chi connectivity index (χ4v) is 2.55. The first-order valence-corrected chi connectivity index (χ1v) is 8.35. The van der Waals surface area contributed by atoms with E-state index in [9.17, 15) is 9.59 Å². The number of rotatable bonds is 6. The van der Waals surface area contributed by atoms with Crippen molar-refractivity contribution in [3.63, 3.8) is 0 Å². The number of nitrogens with zero attached hydrogens (tertiary/aromatic N) is 1. The van der Waals surface area contributed by atoms with E-state index in [1.807, 2.05) is 18.2 Å². The second-order valence-corrected chi connectivity index (χ2v) is 5.85. The molecule has 0 saturated carbocycles. The summed E-state index contributed by atoms with van der Waals surface area (Å²) in [6.45, 7) is 1.51. The minimum Gasteiger partial charge on any atom is -0.495 e. The Morgan fingerprint density at radius 3 is 2.56 bits per heavy atom. The molecule has 6 nitrogen and oxygen atoms in total. The summed E-state index contributed by atoms with van der Waals surface area (Å²) in [6, 6.07) is 17.6. The minimum atomic E-state index is -0.276. The molecule has 2 aromatic carbocycles. The van der Waals surface area contributed by atoms with Crippen LogP contribution in [0.3, 0.4) is 0 Å². The number of carbonyl (C=O) groups excluding carboxylic acids is 2. The maximum absolute atomic E-state index is 12.6. The van der Waals surface area contributed by atoms with Crippen molar-refractivity contribution in [2.45, 2.75) is 6.92 Å². The number of amides is 1. The van der Waals surface area contributed by atoms with Gasteiger partial charge in [0.05, 0.1) is 12.8 Å².